The van der Waals surface area contributed by atoms with Gasteiger partial charge in [0.25, 0.3) is 0 Å². The molecular formula is C12H16F3N3. The lowest BCUT2D eigenvalue weighted by molar-refractivity contribution is -0.141. The molecule has 0 saturated heterocycles. The Morgan fingerprint density at radius 2 is 2.22 bits per heavy atom. The van der Waals surface area contributed by atoms with Crippen molar-refractivity contribution in [3.63, 3.8) is 0 Å². The molecule has 1 fully saturated rings. The lowest BCUT2D eigenvalue weighted by atomic mass is 10.2. The van der Waals surface area contributed by atoms with Crippen LogP contribution in [0.25, 0.3) is 0 Å². The topological polar surface area (TPSA) is 50.9 Å². The molecule has 0 spiro atoms. The molecule has 1 aromatic heterocycles. The van der Waals surface area contributed by atoms with Gasteiger partial charge in [-0.05, 0) is 24.8 Å². The van der Waals surface area contributed by atoms with E-state index in [-0.39, 0.29) is 11.7 Å². The Morgan fingerprint density at radius 3 is 2.83 bits per heavy atom. The maximum Gasteiger partial charge on any atom is 0.433 e. The first-order chi connectivity index (χ1) is 8.41. The predicted octanol–water partition coefficient (Wildman–Crippen LogP) is 3.28. The molecule has 1 aromatic rings. The molecule has 0 aromatic carbocycles. The highest BCUT2D eigenvalue weighted by atomic mass is 19.4. The third-order valence-corrected chi connectivity index (χ3v) is 3.15. The van der Waals surface area contributed by atoms with Crippen molar-refractivity contribution in [2.75, 3.05) is 11.1 Å². The number of nitrogen functional groups attached to an aromatic ring is 1. The van der Waals surface area contributed by atoms with Gasteiger partial charge in [0.2, 0.25) is 0 Å². The van der Waals surface area contributed by atoms with Crippen molar-refractivity contribution >= 4 is 11.4 Å². The van der Waals surface area contributed by atoms with E-state index in [1.807, 2.05) is 0 Å². The number of rotatable bonds is 4. The third kappa shape index (κ3) is 2.86. The van der Waals surface area contributed by atoms with E-state index in [9.17, 15) is 13.2 Å². The molecule has 1 heterocycles. The van der Waals surface area contributed by atoms with Crippen LogP contribution in [0.1, 0.15) is 31.9 Å². The molecule has 0 aliphatic heterocycles. The fourth-order valence-corrected chi connectivity index (χ4v) is 2.06. The molecule has 3 N–H and O–H groups in total. The molecule has 1 aliphatic carbocycles. The first kappa shape index (κ1) is 13.0. The lowest BCUT2D eigenvalue weighted by Crippen LogP contribution is -2.12. The van der Waals surface area contributed by atoms with Crippen LogP contribution < -0.4 is 11.1 Å². The SMILES string of the molecule is CCCC1CC1Nc1cc(C(F)(F)F)ncc1N. The van der Waals surface area contributed by atoms with Gasteiger partial charge in [0.1, 0.15) is 5.69 Å². The summed E-state index contributed by atoms with van der Waals surface area (Å²) in [6.45, 7) is 2.10. The zero-order valence-electron chi connectivity index (χ0n) is 10.1. The molecule has 18 heavy (non-hydrogen) atoms. The summed E-state index contributed by atoms with van der Waals surface area (Å²) in [4.78, 5) is 3.30. The van der Waals surface area contributed by atoms with Gasteiger partial charge in [-0.25, -0.2) is 4.98 Å². The minimum absolute atomic E-state index is 0.246. The van der Waals surface area contributed by atoms with Gasteiger partial charge in [0.15, 0.2) is 0 Å². The largest absolute Gasteiger partial charge is 0.433 e. The highest BCUT2D eigenvalue weighted by Gasteiger charge is 2.37. The van der Waals surface area contributed by atoms with Crippen LogP contribution in [0, 0.1) is 5.92 Å². The molecular weight excluding hydrogens is 243 g/mol. The molecule has 2 unspecified atom stereocenters. The highest BCUT2D eigenvalue weighted by Crippen LogP contribution is 2.39. The van der Waals surface area contributed by atoms with Gasteiger partial charge in [0, 0.05) is 6.04 Å². The van der Waals surface area contributed by atoms with Crippen LogP contribution in [-0.4, -0.2) is 11.0 Å². The van der Waals surface area contributed by atoms with Crippen LogP contribution in [-0.2, 0) is 6.18 Å². The number of hydrogen-bond donors (Lipinski definition) is 2. The number of nitrogens with zero attached hydrogens (tertiary/aromatic N) is 1. The zero-order chi connectivity index (χ0) is 13.3. The molecule has 1 saturated carbocycles. The maximum absolute atomic E-state index is 12.5. The maximum atomic E-state index is 12.5. The summed E-state index contributed by atoms with van der Waals surface area (Å²) >= 11 is 0. The van der Waals surface area contributed by atoms with Crippen molar-refractivity contribution in [3.05, 3.63) is 18.0 Å². The standard InChI is InChI=1S/C12H16F3N3/c1-2-3-7-4-9(7)18-10-5-11(12(13,14)15)17-6-8(10)16/h5-7,9H,2-4,16H2,1H3,(H,17,18). The second-order valence-corrected chi connectivity index (χ2v) is 4.69. The van der Waals surface area contributed by atoms with Crippen molar-refractivity contribution < 1.29 is 13.2 Å². The summed E-state index contributed by atoms with van der Waals surface area (Å²) in [6, 6.07) is 1.23. The van der Waals surface area contributed by atoms with Crippen molar-refractivity contribution in [1.29, 1.82) is 0 Å². The van der Waals surface area contributed by atoms with Gasteiger partial charge < -0.3 is 11.1 Å². The quantitative estimate of drug-likeness (QED) is 0.872. The zero-order valence-corrected chi connectivity index (χ0v) is 10.1. The summed E-state index contributed by atoms with van der Waals surface area (Å²) in [5.74, 6) is 0.553. The van der Waals surface area contributed by atoms with Crippen LogP contribution in [0.5, 0.6) is 0 Å². The molecule has 0 bridgehead atoms. The monoisotopic (exact) mass is 259 g/mol. The molecule has 2 atom stereocenters. The molecule has 0 radical (unpaired) electrons. The van der Waals surface area contributed by atoms with E-state index in [0.29, 0.717) is 11.6 Å². The molecule has 6 heteroatoms. The van der Waals surface area contributed by atoms with Crippen LogP contribution in [0.2, 0.25) is 0 Å². The van der Waals surface area contributed by atoms with Gasteiger partial charge in [-0.1, -0.05) is 13.3 Å². The summed E-state index contributed by atoms with van der Waals surface area (Å²) in [7, 11) is 0. The van der Waals surface area contributed by atoms with Gasteiger partial charge in [-0.15, -0.1) is 0 Å². The normalized spacial score (nSPS) is 22.9. The highest BCUT2D eigenvalue weighted by molar-refractivity contribution is 5.66. The predicted molar refractivity (Wildman–Crippen MR) is 64.1 cm³/mol. The number of nitrogens with one attached hydrogen (secondary N) is 1. The summed E-state index contributed by atoms with van der Waals surface area (Å²) in [5, 5.41) is 3.07. The molecule has 0 amide bonds. The van der Waals surface area contributed by atoms with E-state index < -0.39 is 11.9 Å². The van der Waals surface area contributed by atoms with Crippen molar-refractivity contribution in [1.82, 2.24) is 4.98 Å². The lowest BCUT2D eigenvalue weighted by Gasteiger charge is -2.12. The van der Waals surface area contributed by atoms with Crippen molar-refractivity contribution in [2.24, 2.45) is 5.92 Å². The summed E-state index contributed by atoms with van der Waals surface area (Å²) in [6.07, 6.45) is -0.201. The number of aromatic nitrogens is 1. The molecule has 2 rings (SSSR count). The molecule has 3 nitrogen and oxygen atoms in total. The Morgan fingerprint density at radius 1 is 1.50 bits per heavy atom. The first-order valence-electron chi connectivity index (χ1n) is 6.01. The second kappa shape index (κ2) is 4.66. The van der Waals surface area contributed by atoms with Crippen molar-refractivity contribution in [3.8, 4) is 0 Å². The Balaban J connectivity index is 2.08. The summed E-state index contributed by atoms with van der Waals surface area (Å²) in [5.41, 5.74) is 5.31. The summed E-state index contributed by atoms with van der Waals surface area (Å²) < 4.78 is 37.6. The fourth-order valence-electron chi connectivity index (χ4n) is 2.06. The van der Waals surface area contributed by atoms with E-state index in [4.69, 9.17) is 5.73 Å². The van der Waals surface area contributed by atoms with E-state index >= 15 is 0 Å². The van der Waals surface area contributed by atoms with E-state index in [2.05, 4.69) is 17.2 Å². The average Bonchev–Trinajstić information content (AvgIpc) is 2.99. The minimum atomic E-state index is -4.43. The van der Waals surface area contributed by atoms with Crippen LogP contribution in [0.3, 0.4) is 0 Å². The van der Waals surface area contributed by atoms with E-state index in [1.165, 1.54) is 0 Å². The van der Waals surface area contributed by atoms with Gasteiger partial charge in [-0.3, -0.25) is 0 Å². The Labute approximate surface area is 104 Å². The Bertz CT molecular complexity index is 431. The van der Waals surface area contributed by atoms with E-state index in [1.54, 1.807) is 0 Å². The number of hydrogen-bond acceptors (Lipinski definition) is 3. The van der Waals surface area contributed by atoms with Gasteiger partial charge in [0.05, 0.1) is 17.6 Å². The van der Waals surface area contributed by atoms with Gasteiger partial charge in [-0.2, -0.15) is 13.2 Å². The molecule has 1 aliphatic rings. The number of halogens is 3. The second-order valence-electron chi connectivity index (χ2n) is 4.69. The van der Waals surface area contributed by atoms with Crippen LogP contribution >= 0.6 is 0 Å². The number of nitrogens with two attached hydrogens (primary N) is 1. The van der Waals surface area contributed by atoms with Crippen LogP contribution in [0.15, 0.2) is 12.3 Å². The molecule has 100 valence electrons. The third-order valence-electron chi connectivity index (χ3n) is 3.15. The van der Waals surface area contributed by atoms with Gasteiger partial charge >= 0.3 is 6.18 Å². The average molecular weight is 259 g/mol. The fraction of sp³-hybridized carbons (Fsp3) is 0.583. The van der Waals surface area contributed by atoms with Crippen molar-refractivity contribution in [2.45, 2.75) is 38.4 Å². The number of anilines is 2. The first-order valence-corrected chi connectivity index (χ1v) is 6.01. The smallest absolute Gasteiger partial charge is 0.396 e. The number of pyridine rings is 1. The minimum Gasteiger partial charge on any atom is -0.396 e. The van der Waals surface area contributed by atoms with E-state index in [0.717, 1.165) is 31.5 Å². The van der Waals surface area contributed by atoms with Crippen LogP contribution in [0.4, 0.5) is 24.5 Å². The Hall–Kier alpha value is -1.46. The number of alkyl halides is 3. The Kier molecular flexibility index (Phi) is 3.36.